The normalized spacial score (nSPS) is 53.1. The number of amides is 1. The average Bonchev–Trinajstić information content (AvgIpc) is 2.68. The quantitative estimate of drug-likeness (QED) is 0.802. The van der Waals surface area contributed by atoms with Crippen LogP contribution in [0.25, 0.3) is 0 Å². The topological polar surface area (TPSA) is 55.1 Å². The van der Waals surface area contributed by atoms with Gasteiger partial charge in [-0.15, -0.1) is 0 Å². The fourth-order valence-electron chi connectivity index (χ4n) is 4.62. The summed E-state index contributed by atoms with van der Waals surface area (Å²) in [6.07, 6.45) is 3.83. The number of hydrogen-bond acceptors (Lipinski definition) is 2. The molecule has 4 aliphatic carbocycles. The first-order valence-electron chi connectivity index (χ1n) is 7.34. The number of alkyl halides is 2. The molecule has 0 aromatic heterocycles. The molecule has 3 nitrogen and oxygen atoms in total. The molecule has 4 rings (SSSR count). The van der Waals surface area contributed by atoms with Gasteiger partial charge in [0.15, 0.2) is 0 Å². The van der Waals surface area contributed by atoms with Crippen LogP contribution in [0, 0.1) is 23.2 Å². The molecule has 0 aromatic rings. The van der Waals surface area contributed by atoms with Gasteiger partial charge in [0, 0.05) is 29.8 Å². The Morgan fingerprint density at radius 1 is 1.21 bits per heavy atom. The number of carbonyl (C=O) groups excluding carboxylic acids is 1. The van der Waals surface area contributed by atoms with Crippen LogP contribution in [0.3, 0.4) is 0 Å². The van der Waals surface area contributed by atoms with E-state index in [4.69, 9.17) is 5.73 Å². The van der Waals surface area contributed by atoms with Crippen LogP contribution in [0.2, 0.25) is 0 Å². The van der Waals surface area contributed by atoms with Crippen LogP contribution in [0.15, 0.2) is 0 Å². The molecule has 1 unspecified atom stereocenters. The molecular formula is C14H20F2N2O. The van der Waals surface area contributed by atoms with Crippen molar-refractivity contribution in [2.45, 2.75) is 56.5 Å². The minimum Gasteiger partial charge on any atom is -0.353 e. The third kappa shape index (κ3) is 1.60. The van der Waals surface area contributed by atoms with E-state index in [1.807, 2.05) is 0 Å². The van der Waals surface area contributed by atoms with Gasteiger partial charge in [0.05, 0.1) is 0 Å². The molecule has 0 radical (unpaired) electrons. The van der Waals surface area contributed by atoms with Crippen LogP contribution < -0.4 is 11.1 Å². The van der Waals surface area contributed by atoms with E-state index >= 15 is 0 Å². The Balaban J connectivity index is 1.28. The standard InChI is InChI=1S/C14H20F2N2O/c15-14(16)6-13(14)4-9(5-13)18-12(19)8-1-7-3-11(17)10(7)2-8/h7-11H,1-6,17H2,(H,18,19)/t7-,8?,9?,10-,11+,13?/m0/s1. The Labute approximate surface area is 111 Å². The highest BCUT2D eigenvalue weighted by atomic mass is 19.3. The summed E-state index contributed by atoms with van der Waals surface area (Å²) < 4.78 is 26.1. The van der Waals surface area contributed by atoms with Crippen molar-refractivity contribution in [3.63, 3.8) is 0 Å². The second kappa shape index (κ2) is 3.48. The number of nitrogens with one attached hydrogen (secondary N) is 1. The second-order valence-electron chi connectivity index (χ2n) is 7.27. The van der Waals surface area contributed by atoms with E-state index in [2.05, 4.69) is 5.32 Å². The number of rotatable bonds is 2. The molecular weight excluding hydrogens is 250 g/mol. The molecule has 4 fully saturated rings. The van der Waals surface area contributed by atoms with Gasteiger partial charge in [-0.1, -0.05) is 0 Å². The van der Waals surface area contributed by atoms with Crippen LogP contribution in [-0.2, 0) is 4.79 Å². The monoisotopic (exact) mass is 270 g/mol. The Kier molecular flexibility index (Phi) is 2.21. The van der Waals surface area contributed by atoms with Crippen LogP contribution in [-0.4, -0.2) is 23.9 Å². The van der Waals surface area contributed by atoms with E-state index < -0.39 is 11.3 Å². The Hall–Kier alpha value is -0.710. The molecule has 5 heteroatoms. The molecule has 1 amide bonds. The lowest BCUT2D eigenvalue weighted by molar-refractivity contribution is -0.127. The summed E-state index contributed by atoms with van der Waals surface area (Å²) >= 11 is 0. The van der Waals surface area contributed by atoms with Gasteiger partial charge < -0.3 is 11.1 Å². The second-order valence-corrected chi connectivity index (χ2v) is 7.27. The van der Waals surface area contributed by atoms with Crippen molar-refractivity contribution < 1.29 is 13.6 Å². The van der Waals surface area contributed by atoms with Gasteiger partial charge in [-0.2, -0.15) is 0 Å². The summed E-state index contributed by atoms with van der Waals surface area (Å²) in [7, 11) is 0. The van der Waals surface area contributed by atoms with Gasteiger partial charge in [0.1, 0.15) is 0 Å². The van der Waals surface area contributed by atoms with Gasteiger partial charge >= 0.3 is 0 Å². The maximum absolute atomic E-state index is 13.1. The maximum atomic E-state index is 13.1. The minimum absolute atomic E-state index is 0.0206. The van der Waals surface area contributed by atoms with Gasteiger partial charge in [-0.05, 0) is 43.9 Å². The van der Waals surface area contributed by atoms with Crippen molar-refractivity contribution >= 4 is 5.91 Å². The Bertz CT molecular complexity index is 433. The average molecular weight is 270 g/mol. The fourth-order valence-corrected chi connectivity index (χ4v) is 4.62. The van der Waals surface area contributed by atoms with E-state index in [1.165, 1.54) is 0 Å². The SMILES string of the molecule is N[C@@H]1C[C@@H]2CC(C(=O)NC3CC4(C3)CC4(F)F)C[C@@H]21. The highest BCUT2D eigenvalue weighted by molar-refractivity contribution is 5.79. The first-order chi connectivity index (χ1) is 8.90. The third-order valence-corrected chi connectivity index (χ3v) is 6.08. The van der Waals surface area contributed by atoms with Crippen molar-refractivity contribution in [1.29, 1.82) is 0 Å². The van der Waals surface area contributed by atoms with Gasteiger partial charge in [-0.25, -0.2) is 8.78 Å². The first kappa shape index (κ1) is 12.1. The van der Waals surface area contributed by atoms with E-state index in [9.17, 15) is 13.6 Å². The number of nitrogens with two attached hydrogens (primary N) is 1. The zero-order valence-corrected chi connectivity index (χ0v) is 10.9. The van der Waals surface area contributed by atoms with Crippen LogP contribution in [0.5, 0.6) is 0 Å². The predicted octanol–water partition coefficient (Wildman–Crippen LogP) is 1.66. The molecule has 0 heterocycles. The molecule has 19 heavy (non-hydrogen) atoms. The fraction of sp³-hybridized carbons (Fsp3) is 0.929. The Morgan fingerprint density at radius 2 is 1.89 bits per heavy atom. The molecule has 4 aliphatic rings. The summed E-state index contributed by atoms with van der Waals surface area (Å²) in [4.78, 5) is 12.1. The van der Waals surface area contributed by atoms with Crippen molar-refractivity contribution in [2.75, 3.05) is 0 Å². The van der Waals surface area contributed by atoms with E-state index in [-0.39, 0.29) is 30.3 Å². The van der Waals surface area contributed by atoms with Crippen LogP contribution >= 0.6 is 0 Å². The number of hydrogen-bond donors (Lipinski definition) is 2. The van der Waals surface area contributed by atoms with E-state index in [0.29, 0.717) is 24.7 Å². The molecule has 4 atom stereocenters. The number of halogens is 2. The largest absolute Gasteiger partial charge is 0.353 e. The summed E-state index contributed by atoms with van der Waals surface area (Å²) in [6, 6.07) is 0.257. The summed E-state index contributed by atoms with van der Waals surface area (Å²) in [5.41, 5.74) is 5.18. The molecule has 0 saturated heterocycles. The van der Waals surface area contributed by atoms with Gasteiger partial charge in [0.25, 0.3) is 5.92 Å². The summed E-state index contributed by atoms with van der Waals surface area (Å²) in [5, 5.41) is 2.96. The van der Waals surface area contributed by atoms with Crippen molar-refractivity contribution in [1.82, 2.24) is 5.32 Å². The zero-order chi connectivity index (χ0) is 13.4. The highest BCUT2D eigenvalue weighted by Crippen LogP contribution is 2.70. The minimum atomic E-state index is -2.46. The van der Waals surface area contributed by atoms with Crippen molar-refractivity contribution in [3.8, 4) is 0 Å². The molecule has 4 saturated carbocycles. The van der Waals surface area contributed by atoms with Crippen molar-refractivity contribution in [3.05, 3.63) is 0 Å². The molecule has 0 bridgehead atoms. The van der Waals surface area contributed by atoms with Crippen molar-refractivity contribution in [2.24, 2.45) is 28.9 Å². The molecule has 0 aromatic carbocycles. The summed E-state index contributed by atoms with van der Waals surface area (Å²) in [6.45, 7) is 0. The van der Waals surface area contributed by atoms with Crippen LogP contribution in [0.4, 0.5) is 8.78 Å². The zero-order valence-electron chi connectivity index (χ0n) is 10.9. The molecule has 106 valence electrons. The van der Waals surface area contributed by atoms with E-state index in [0.717, 1.165) is 19.3 Å². The lowest BCUT2D eigenvalue weighted by Crippen LogP contribution is -2.48. The smallest absolute Gasteiger partial charge is 0.254 e. The summed E-state index contributed by atoms with van der Waals surface area (Å²) in [5.74, 6) is -1.17. The predicted molar refractivity (Wildman–Crippen MR) is 65.5 cm³/mol. The van der Waals surface area contributed by atoms with Crippen LogP contribution in [0.1, 0.15) is 38.5 Å². The van der Waals surface area contributed by atoms with Gasteiger partial charge in [0.2, 0.25) is 5.91 Å². The van der Waals surface area contributed by atoms with Gasteiger partial charge in [-0.3, -0.25) is 4.79 Å². The molecule has 3 N–H and O–H groups in total. The van der Waals surface area contributed by atoms with E-state index in [1.54, 1.807) is 0 Å². The molecule has 0 aliphatic heterocycles. The maximum Gasteiger partial charge on any atom is 0.254 e. The third-order valence-electron chi connectivity index (χ3n) is 6.08. The molecule has 1 spiro atoms. The number of carbonyl (C=O) groups is 1. The highest BCUT2D eigenvalue weighted by Gasteiger charge is 2.75. The Morgan fingerprint density at radius 3 is 2.42 bits per heavy atom. The number of fused-ring (bicyclic) bond motifs is 1. The lowest BCUT2D eigenvalue weighted by Gasteiger charge is -2.37. The lowest BCUT2D eigenvalue weighted by atomic mass is 9.72. The first-order valence-corrected chi connectivity index (χ1v) is 7.34.